The van der Waals surface area contributed by atoms with Gasteiger partial charge in [-0.3, -0.25) is 4.79 Å². The number of ether oxygens (including phenoxy) is 1. The van der Waals surface area contributed by atoms with Crippen LogP contribution in [0.15, 0.2) is 53.6 Å². The summed E-state index contributed by atoms with van der Waals surface area (Å²) in [5.74, 6) is 0.463. The van der Waals surface area contributed by atoms with Crippen molar-refractivity contribution in [3.05, 3.63) is 65.2 Å². The molecule has 0 heterocycles. The Morgan fingerprint density at radius 3 is 2.43 bits per heavy atom. The largest absolute Gasteiger partial charge is 0.483 e. The van der Waals surface area contributed by atoms with Crippen LogP contribution in [0.5, 0.6) is 5.75 Å². The molecular weight excluding hydrogens is 264 g/mol. The minimum Gasteiger partial charge on any atom is -0.483 e. The molecule has 0 fully saturated rings. The number of hydrogen-bond donors (Lipinski definition) is 1. The Balaban J connectivity index is 1.84. The average molecular weight is 282 g/mol. The summed E-state index contributed by atoms with van der Waals surface area (Å²) in [7, 11) is 0. The summed E-state index contributed by atoms with van der Waals surface area (Å²) in [5.41, 5.74) is 5.39. The van der Waals surface area contributed by atoms with Crippen molar-refractivity contribution in [1.29, 1.82) is 0 Å². The topological polar surface area (TPSA) is 50.7 Å². The Hall–Kier alpha value is -2.62. The van der Waals surface area contributed by atoms with Crippen molar-refractivity contribution >= 4 is 12.1 Å². The van der Waals surface area contributed by atoms with Crippen molar-refractivity contribution in [3.63, 3.8) is 0 Å². The molecule has 0 aliphatic rings. The first-order valence-corrected chi connectivity index (χ1v) is 6.73. The summed E-state index contributed by atoms with van der Waals surface area (Å²) in [6.45, 7) is 3.85. The molecule has 2 aromatic rings. The lowest BCUT2D eigenvalue weighted by Gasteiger charge is -2.10. The van der Waals surface area contributed by atoms with Gasteiger partial charge in [-0.2, -0.15) is 5.10 Å². The maximum Gasteiger partial charge on any atom is 0.277 e. The van der Waals surface area contributed by atoms with Crippen LogP contribution in [-0.2, 0) is 4.79 Å². The van der Waals surface area contributed by atoms with E-state index in [0.29, 0.717) is 0 Å². The molecule has 0 aliphatic heterocycles. The molecule has 4 nitrogen and oxygen atoms in total. The molecule has 0 aromatic heterocycles. The molecule has 4 heteroatoms. The summed E-state index contributed by atoms with van der Waals surface area (Å²) >= 11 is 0. The standard InChI is InChI=1S/C17H18N2O2/c1-13-7-6-8-14(2)17(13)21-12-16(20)19-18-11-15-9-4-3-5-10-15/h3-11H,12H2,1-2H3,(H,19,20)/b18-11+. The molecule has 0 saturated heterocycles. The molecule has 0 atom stereocenters. The first-order valence-electron chi connectivity index (χ1n) is 6.73. The van der Waals surface area contributed by atoms with E-state index in [9.17, 15) is 4.79 Å². The van der Waals surface area contributed by atoms with Gasteiger partial charge in [0.2, 0.25) is 0 Å². The second-order valence-corrected chi connectivity index (χ2v) is 4.71. The maximum absolute atomic E-state index is 11.7. The number of hydrazone groups is 1. The minimum atomic E-state index is -0.287. The molecule has 1 N–H and O–H groups in total. The van der Waals surface area contributed by atoms with Crippen LogP contribution in [0.4, 0.5) is 0 Å². The molecule has 0 bridgehead atoms. The summed E-state index contributed by atoms with van der Waals surface area (Å²) in [6, 6.07) is 15.4. The number of para-hydroxylation sites is 1. The van der Waals surface area contributed by atoms with E-state index >= 15 is 0 Å². The van der Waals surface area contributed by atoms with Crippen LogP contribution in [0.25, 0.3) is 0 Å². The normalized spacial score (nSPS) is 10.6. The first-order chi connectivity index (χ1) is 10.2. The van der Waals surface area contributed by atoms with Crippen molar-refractivity contribution in [2.45, 2.75) is 13.8 Å². The third kappa shape index (κ3) is 4.45. The van der Waals surface area contributed by atoms with Gasteiger partial charge >= 0.3 is 0 Å². The van der Waals surface area contributed by atoms with Gasteiger partial charge in [0.05, 0.1) is 6.21 Å². The molecule has 0 saturated carbocycles. The number of aryl methyl sites for hydroxylation is 2. The summed E-state index contributed by atoms with van der Waals surface area (Å²) in [4.78, 5) is 11.7. The van der Waals surface area contributed by atoms with Gasteiger partial charge in [0, 0.05) is 0 Å². The number of amides is 1. The van der Waals surface area contributed by atoms with Gasteiger partial charge in [-0.1, -0.05) is 48.5 Å². The average Bonchev–Trinajstić information content (AvgIpc) is 2.48. The second kappa shape index (κ2) is 7.24. The van der Waals surface area contributed by atoms with Gasteiger partial charge in [-0.25, -0.2) is 5.43 Å². The predicted molar refractivity (Wildman–Crippen MR) is 83.6 cm³/mol. The molecule has 1 amide bonds. The fourth-order valence-electron chi connectivity index (χ4n) is 1.91. The molecule has 0 unspecified atom stereocenters. The van der Waals surface area contributed by atoms with Crippen molar-refractivity contribution < 1.29 is 9.53 Å². The highest BCUT2D eigenvalue weighted by molar-refractivity contribution is 5.82. The van der Waals surface area contributed by atoms with Gasteiger partial charge in [-0.15, -0.1) is 0 Å². The molecular formula is C17H18N2O2. The first kappa shape index (κ1) is 14.8. The zero-order chi connectivity index (χ0) is 15.1. The van der Waals surface area contributed by atoms with Crippen LogP contribution < -0.4 is 10.2 Å². The number of nitrogens with zero attached hydrogens (tertiary/aromatic N) is 1. The quantitative estimate of drug-likeness (QED) is 0.677. The van der Waals surface area contributed by atoms with Gasteiger partial charge in [0.15, 0.2) is 6.61 Å². The fourth-order valence-corrected chi connectivity index (χ4v) is 1.91. The Morgan fingerprint density at radius 1 is 1.10 bits per heavy atom. The summed E-state index contributed by atoms with van der Waals surface area (Å²) in [5, 5.41) is 3.89. The van der Waals surface area contributed by atoms with Crippen LogP contribution in [-0.4, -0.2) is 18.7 Å². The van der Waals surface area contributed by atoms with E-state index in [0.717, 1.165) is 22.4 Å². The van der Waals surface area contributed by atoms with Crippen molar-refractivity contribution in [2.24, 2.45) is 5.10 Å². The van der Waals surface area contributed by atoms with E-state index in [2.05, 4.69) is 10.5 Å². The molecule has 0 radical (unpaired) electrons. The number of hydrogen-bond acceptors (Lipinski definition) is 3. The fraction of sp³-hybridized carbons (Fsp3) is 0.176. The SMILES string of the molecule is Cc1cccc(C)c1OCC(=O)N/N=C/c1ccccc1. The van der Waals surface area contributed by atoms with E-state index in [-0.39, 0.29) is 12.5 Å². The van der Waals surface area contributed by atoms with Gasteiger partial charge in [-0.05, 0) is 30.5 Å². The van der Waals surface area contributed by atoms with E-state index in [1.54, 1.807) is 6.21 Å². The van der Waals surface area contributed by atoms with Crippen LogP contribution >= 0.6 is 0 Å². The molecule has 2 rings (SSSR count). The number of carbonyl (C=O) groups excluding carboxylic acids is 1. The highest BCUT2D eigenvalue weighted by atomic mass is 16.5. The molecule has 0 spiro atoms. The molecule has 0 aliphatic carbocycles. The lowest BCUT2D eigenvalue weighted by molar-refractivity contribution is -0.123. The second-order valence-electron chi connectivity index (χ2n) is 4.71. The monoisotopic (exact) mass is 282 g/mol. The third-order valence-electron chi connectivity index (χ3n) is 2.96. The Morgan fingerprint density at radius 2 is 1.76 bits per heavy atom. The summed E-state index contributed by atoms with van der Waals surface area (Å²) < 4.78 is 5.55. The minimum absolute atomic E-state index is 0.0577. The number of rotatable bonds is 5. The molecule has 2 aromatic carbocycles. The Labute approximate surface area is 124 Å². The van der Waals surface area contributed by atoms with Gasteiger partial charge < -0.3 is 4.74 Å². The van der Waals surface area contributed by atoms with Crippen molar-refractivity contribution in [1.82, 2.24) is 5.43 Å². The number of benzene rings is 2. The van der Waals surface area contributed by atoms with E-state index < -0.39 is 0 Å². The lowest BCUT2D eigenvalue weighted by atomic mass is 10.1. The lowest BCUT2D eigenvalue weighted by Crippen LogP contribution is -2.25. The van der Waals surface area contributed by atoms with Crippen molar-refractivity contribution in [3.8, 4) is 5.75 Å². The molecule has 21 heavy (non-hydrogen) atoms. The van der Waals surface area contributed by atoms with Crippen LogP contribution in [0, 0.1) is 13.8 Å². The summed E-state index contributed by atoms with van der Waals surface area (Å²) in [6.07, 6.45) is 1.59. The van der Waals surface area contributed by atoms with Gasteiger partial charge in [0.25, 0.3) is 5.91 Å². The number of carbonyl (C=O) groups is 1. The molecule has 108 valence electrons. The van der Waals surface area contributed by atoms with Crippen LogP contribution in [0.1, 0.15) is 16.7 Å². The van der Waals surface area contributed by atoms with E-state index in [1.807, 2.05) is 62.4 Å². The zero-order valence-electron chi connectivity index (χ0n) is 12.2. The van der Waals surface area contributed by atoms with Gasteiger partial charge in [0.1, 0.15) is 5.75 Å². The smallest absolute Gasteiger partial charge is 0.277 e. The van der Waals surface area contributed by atoms with Crippen LogP contribution in [0.3, 0.4) is 0 Å². The Kier molecular flexibility index (Phi) is 5.10. The van der Waals surface area contributed by atoms with E-state index in [1.165, 1.54) is 0 Å². The zero-order valence-corrected chi connectivity index (χ0v) is 12.2. The maximum atomic E-state index is 11.7. The number of nitrogens with one attached hydrogen (secondary N) is 1. The Bertz CT molecular complexity index is 616. The third-order valence-corrected chi connectivity index (χ3v) is 2.96. The van der Waals surface area contributed by atoms with Crippen molar-refractivity contribution in [2.75, 3.05) is 6.61 Å². The highest BCUT2D eigenvalue weighted by Gasteiger charge is 2.06. The predicted octanol–water partition coefficient (Wildman–Crippen LogP) is 2.83. The van der Waals surface area contributed by atoms with E-state index in [4.69, 9.17) is 4.74 Å². The van der Waals surface area contributed by atoms with Crippen LogP contribution in [0.2, 0.25) is 0 Å². The highest BCUT2D eigenvalue weighted by Crippen LogP contribution is 2.21.